The van der Waals surface area contributed by atoms with Gasteiger partial charge in [-0.3, -0.25) is 0 Å². The zero-order valence-corrected chi connectivity index (χ0v) is 33.4. The van der Waals surface area contributed by atoms with Gasteiger partial charge < -0.3 is 4.90 Å². The lowest BCUT2D eigenvalue weighted by Crippen LogP contribution is -2.28. The van der Waals surface area contributed by atoms with Gasteiger partial charge in [0.05, 0.1) is 16.8 Å². The van der Waals surface area contributed by atoms with E-state index in [1.165, 1.54) is 77.5 Å². The Morgan fingerprint density at radius 3 is 1.62 bits per heavy atom. The highest BCUT2D eigenvalue weighted by atomic mass is 15.1. The second-order valence-corrected chi connectivity index (χ2v) is 15.8. The van der Waals surface area contributed by atoms with Crippen LogP contribution in [0.25, 0.3) is 49.7 Å². The van der Waals surface area contributed by atoms with Crippen molar-refractivity contribution < 1.29 is 0 Å². The Labute approximate surface area is 352 Å². The molecule has 0 amide bonds. The zero-order valence-electron chi connectivity index (χ0n) is 33.4. The van der Waals surface area contributed by atoms with E-state index in [9.17, 15) is 0 Å². The van der Waals surface area contributed by atoms with Gasteiger partial charge in [-0.15, -0.1) is 0 Å². The summed E-state index contributed by atoms with van der Waals surface area (Å²) in [5, 5.41) is 2.51. The first kappa shape index (κ1) is 35.7. The number of nitrogens with zero attached hydrogens (tertiary/aromatic N) is 1. The quantitative estimate of drug-likeness (QED) is 0.149. The molecule has 11 rings (SSSR count). The van der Waals surface area contributed by atoms with Gasteiger partial charge in [0.1, 0.15) is 0 Å². The van der Waals surface area contributed by atoms with Crippen LogP contribution in [0, 0.1) is 0 Å². The number of para-hydroxylation sites is 2. The van der Waals surface area contributed by atoms with Crippen molar-refractivity contribution in [2.45, 2.75) is 18.3 Å². The summed E-state index contributed by atoms with van der Waals surface area (Å²) in [6.45, 7) is 0. The van der Waals surface area contributed by atoms with Crippen LogP contribution < -0.4 is 4.90 Å². The molecule has 60 heavy (non-hydrogen) atoms. The summed E-state index contributed by atoms with van der Waals surface area (Å²) in [5.74, 6) is 0. The number of fused-ring (bicyclic) bond motifs is 4. The highest BCUT2D eigenvalue weighted by Gasteiger charge is 2.46. The molecule has 0 N–H and O–H groups in total. The van der Waals surface area contributed by atoms with Gasteiger partial charge in [-0.05, 0) is 104 Å². The Balaban J connectivity index is 1.22. The third-order valence-corrected chi connectivity index (χ3v) is 12.6. The van der Waals surface area contributed by atoms with Gasteiger partial charge in [0.25, 0.3) is 0 Å². The van der Waals surface area contributed by atoms with Crippen LogP contribution in [0.4, 0.5) is 17.1 Å². The Kier molecular flexibility index (Phi) is 8.94. The Morgan fingerprint density at radius 2 is 0.933 bits per heavy atom. The summed E-state index contributed by atoms with van der Waals surface area (Å²) in [5.41, 5.74) is 17.8. The normalized spacial score (nSPS) is 13.7. The lowest BCUT2D eigenvalue weighted by molar-refractivity contribution is 0.768. The molecule has 2 aliphatic rings. The third kappa shape index (κ3) is 5.77. The maximum atomic E-state index is 2.52. The molecule has 0 heterocycles. The first-order valence-corrected chi connectivity index (χ1v) is 21.1. The molecular formula is C59H43N. The average Bonchev–Trinajstić information content (AvgIpc) is 3.63. The summed E-state index contributed by atoms with van der Waals surface area (Å²) in [4.78, 5) is 2.52. The van der Waals surface area contributed by atoms with E-state index in [1.54, 1.807) is 0 Å². The first-order chi connectivity index (χ1) is 29.8. The van der Waals surface area contributed by atoms with E-state index in [-0.39, 0.29) is 0 Å². The summed E-state index contributed by atoms with van der Waals surface area (Å²) in [7, 11) is 0. The van der Waals surface area contributed by atoms with E-state index in [2.05, 4.69) is 242 Å². The minimum absolute atomic E-state index is 0.527. The molecule has 0 aromatic heterocycles. The van der Waals surface area contributed by atoms with Crippen LogP contribution in [0.1, 0.15) is 40.7 Å². The molecule has 0 saturated heterocycles. The van der Waals surface area contributed by atoms with Gasteiger partial charge in [0.15, 0.2) is 0 Å². The molecule has 0 aliphatic heterocycles. The number of allylic oxidation sites excluding steroid dienone is 4. The van der Waals surface area contributed by atoms with Crippen molar-refractivity contribution in [1.29, 1.82) is 0 Å². The molecule has 1 heteroatoms. The molecule has 2 aliphatic carbocycles. The number of hydrogen-bond donors (Lipinski definition) is 0. The fraction of sp³-hybridized carbons (Fsp3) is 0.0508. The van der Waals surface area contributed by atoms with Crippen molar-refractivity contribution in [2.75, 3.05) is 4.90 Å². The highest BCUT2D eigenvalue weighted by molar-refractivity contribution is 6.08. The molecule has 0 spiro atoms. The fourth-order valence-electron chi connectivity index (χ4n) is 10.0. The molecular weight excluding hydrogens is 723 g/mol. The predicted octanol–water partition coefficient (Wildman–Crippen LogP) is 15.7. The van der Waals surface area contributed by atoms with Crippen molar-refractivity contribution in [3.63, 3.8) is 0 Å². The van der Waals surface area contributed by atoms with E-state index in [0.717, 1.165) is 29.9 Å². The SMILES string of the molecule is C1=CC(c2cccc3cccc(-c4ccccc4N(c4ccc5c(c4)C(c4ccccc4)(c4ccccc4)c4ccccc4-5)c4ccccc4-c4ccccc4)c23)=CCC1. The monoisotopic (exact) mass is 765 g/mol. The lowest BCUT2D eigenvalue weighted by Gasteiger charge is -2.35. The summed E-state index contributed by atoms with van der Waals surface area (Å²) in [6.07, 6.45) is 9.15. The molecule has 0 saturated carbocycles. The zero-order chi connectivity index (χ0) is 39.9. The van der Waals surface area contributed by atoms with Crippen molar-refractivity contribution in [3.05, 3.63) is 264 Å². The lowest BCUT2D eigenvalue weighted by atomic mass is 9.67. The van der Waals surface area contributed by atoms with E-state index in [4.69, 9.17) is 0 Å². The summed E-state index contributed by atoms with van der Waals surface area (Å²) in [6, 6.07) is 80.6. The van der Waals surface area contributed by atoms with Gasteiger partial charge in [0, 0.05) is 16.8 Å². The van der Waals surface area contributed by atoms with Gasteiger partial charge in [-0.25, -0.2) is 0 Å². The van der Waals surface area contributed by atoms with Crippen molar-refractivity contribution in [2.24, 2.45) is 0 Å². The molecule has 0 fully saturated rings. The van der Waals surface area contributed by atoms with E-state index >= 15 is 0 Å². The molecule has 1 nitrogen and oxygen atoms in total. The number of anilines is 3. The van der Waals surface area contributed by atoms with Crippen LogP contribution in [0.5, 0.6) is 0 Å². The molecule has 0 atom stereocenters. The molecule has 0 bridgehead atoms. The minimum atomic E-state index is -0.527. The van der Waals surface area contributed by atoms with Crippen LogP contribution >= 0.6 is 0 Å². The molecule has 284 valence electrons. The predicted molar refractivity (Wildman–Crippen MR) is 253 cm³/mol. The van der Waals surface area contributed by atoms with E-state index in [0.29, 0.717) is 0 Å². The van der Waals surface area contributed by atoms with Gasteiger partial charge in [0.2, 0.25) is 0 Å². The van der Waals surface area contributed by atoms with Crippen molar-refractivity contribution in [3.8, 4) is 33.4 Å². The van der Waals surface area contributed by atoms with Crippen molar-refractivity contribution in [1.82, 2.24) is 0 Å². The van der Waals surface area contributed by atoms with Gasteiger partial charge >= 0.3 is 0 Å². The van der Waals surface area contributed by atoms with Crippen molar-refractivity contribution >= 4 is 33.4 Å². The number of benzene rings is 9. The topological polar surface area (TPSA) is 3.24 Å². The van der Waals surface area contributed by atoms with Crippen LogP contribution in [-0.2, 0) is 5.41 Å². The second kappa shape index (κ2) is 15.0. The van der Waals surface area contributed by atoms with Crippen LogP contribution in [-0.4, -0.2) is 0 Å². The van der Waals surface area contributed by atoms with Gasteiger partial charge in [-0.1, -0.05) is 212 Å². The molecule has 9 aromatic carbocycles. The Bertz CT molecular complexity index is 3040. The van der Waals surface area contributed by atoms with E-state index in [1.807, 2.05) is 0 Å². The Hall–Kier alpha value is -7.48. The summed E-state index contributed by atoms with van der Waals surface area (Å²) >= 11 is 0. The minimum Gasteiger partial charge on any atom is -0.309 e. The first-order valence-electron chi connectivity index (χ1n) is 21.1. The van der Waals surface area contributed by atoms with Crippen LogP contribution in [0.2, 0.25) is 0 Å². The second-order valence-electron chi connectivity index (χ2n) is 15.8. The molecule has 9 aromatic rings. The molecule has 0 unspecified atom stereocenters. The number of hydrogen-bond acceptors (Lipinski definition) is 1. The Morgan fingerprint density at radius 1 is 0.383 bits per heavy atom. The maximum Gasteiger partial charge on any atom is 0.0714 e. The smallest absolute Gasteiger partial charge is 0.0714 e. The third-order valence-electron chi connectivity index (χ3n) is 12.6. The molecule has 0 radical (unpaired) electrons. The van der Waals surface area contributed by atoms with Crippen LogP contribution in [0.15, 0.2) is 237 Å². The van der Waals surface area contributed by atoms with Gasteiger partial charge in [-0.2, -0.15) is 0 Å². The summed E-state index contributed by atoms with van der Waals surface area (Å²) < 4.78 is 0. The average molecular weight is 766 g/mol. The largest absolute Gasteiger partial charge is 0.309 e. The van der Waals surface area contributed by atoms with E-state index < -0.39 is 5.41 Å². The highest BCUT2D eigenvalue weighted by Crippen LogP contribution is 2.58. The number of rotatable bonds is 8. The van der Waals surface area contributed by atoms with Crippen LogP contribution in [0.3, 0.4) is 0 Å². The standard InChI is InChI=1S/C59H43N/c1-5-21-42(22-6-1)48-31-14-17-37-56(48)60(57-38-18-15-33-52(57)53-35-20-26-44-25-19-34-49(58(44)53)43-23-7-2-8-24-43)47-39-40-51-50-32-13-16-36-54(50)59(55(51)41-47,45-27-9-3-10-28-45)46-29-11-4-12-30-46/h1,3-7,9-41H,2,8H2. The maximum absolute atomic E-state index is 2.52. The fourth-order valence-corrected chi connectivity index (χ4v) is 10.0.